The minimum Gasteiger partial charge on any atom is -0.287 e. The van der Waals surface area contributed by atoms with Crippen LogP contribution in [0.1, 0.15) is 34.1 Å². The van der Waals surface area contributed by atoms with Crippen LogP contribution in [0.2, 0.25) is 0 Å². The van der Waals surface area contributed by atoms with E-state index in [0.29, 0.717) is 0 Å². The number of hydrogen-bond donors (Lipinski definition) is 2. The van der Waals surface area contributed by atoms with Crippen LogP contribution in [-0.4, -0.2) is 12.1 Å². The molecule has 0 amide bonds. The molecular weight excluding hydrogens is 128 g/mol. The molecule has 0 fully saturated rings. The minimum absolute atomic E-state index is 0.0632. The lowest BCUT2D eigenvalue weighted by atomic mass is 10.1. The Kier molecular flexibility index (Phi) is 4.60. The van der Waals surface area contributed by atoms with E-state index in [1.165, 1.54) is 0 Å². The van der Waals surface area contributed by atoms with E-state index in [9.17, 15) is 0 Å². The van der Waals surface area contributed by atoms with E-state index in [1.54, 1.807) is 0 Å². The Morgan fingerprint density at radius 3 is 2.30 bits per heavy atom. The smallest absolute Gasteiger partial charge is 0.0696 e. The van der Waals surface area contributed by atoms with Gasteiger partial charge in [-0.1, -0.05) is 6.92 Å². The molecule has 0 rings (SSSR count). The van der Waals surface area contributed by atoms with E-state index >= 15 is 0 Å². The highest BCUT2D eigenvalue weighted by Gasteiger charge is 2.06. The summed E-state index contributed by atoms with van der Waals surface area (Å²) in [7, 11) is 0. The second kappa shape index (κ2) is 4.66. The van der Waals surface area contributed by atoms with Crippen LogP contribution in [0.25, 0.3) is 0 Å². The Labute approximate surface area is 63.1 Å². The fourth-order valence-corrected chi connectivity index (χ4v) is 0.342. The zero-order chi connectivity index (χ0) is 8.04. The highest BCUT2D eigenvalue weighted by Crippen LogP contribution is 1.94. The summed E-state index contributed by atoms with van der Waals surface area (Å²) in [5, 5.41) is 0. The number of nitrogens with one attached hydrogen (secondary N) is 2. The van der Waals surface area contributed by atoms with Crippen molar-refractivity contribution in [3.8, 4) is 0 Å². The Morgan fingerprint density at radius 1 is 1.30 bits per heavy atom. The van der Waals surface area contributed by atoms with Crippen molar-refractivity contribution < 1.29 is 4.84 Å². The first kappa shape index (κ1) is 9.88. The van der Waals surface area contributed by atoms with Crippen molar-refractivity contribution in [2.75, 3.05) is 6.61 Å². The molecule has 2 N–H and O–H groups in total. The van der Waals surface area contributed by atoms with Gasteiger partial charge < -0.3 is 0 Å². The van der Waals surface area contributed by atoms with Gasteiger partial charge >= 0.3 is 0 Å². The molecule has 0 aromatic rings. The molecule has 0 heterocycles. The maximum Gasteiger partial charge on any atom is 0.0696 e. The zero-order valence-corrected chi connectivity index (χ0v) is 7.32. The number of rotatable bonds is 4. The second-order valence-electron chi connectivity index (χ2n) is 3.33. The fourth-order valence-electron chi connectivity index (χ4n) is 0.342. The summed E-state index contributed by atoms with van der Waals surface area (Å²) in [6.45, 7) is 9.00. The van der Waals surface area contributed by atoms with Crippen molar-refractivity contribution in [1.29, 1.82) is 0 Å². The zero-order valence-electron chi connectivity index (χ0n) is 7.32. The van der Waals surface area contributed by atoms with Crippen LogP contribution in [-0.2, 0) is 4.84 Å². The highest BCUT2D eigenvalue weighted by molar-refractivity contribution is 4.64. The molecule has 0 aliphatic rings. The van der Waals surface area contributed by atoms with E-state index in [1.807, 2.05) is 0 Å². The Morgan fingerprint density at radius 2 is 1.90 bits per heavy atom. The molecule has 0 saturated heterocycles. The summed E-state index contributed by atoms with van der Waals surface area (Å²) in [6.07, 6.45) is 1.03. The van der Waals surface area contributed by atoms with Gasteiger partial charge in [0.05, 0.1) is 6.61 Å². The number of hydrogen-bond acceptors (Lipinski definition) is 3. The molecule has 0 spiro atoms. The monoisotopic (exact) mass is 146 g/mol. The molecule has 10 heavy (non-hydrogen) atoms. The first-order valence-corrected chi connectivity index (χ1v) is 3.70. The topological polar surface area (TPSA) is 33.3 Å². The minimum atomic E-state index is 0.0632. The molecule has 62 valence electrons. The van der Waals surface area contributed by atoms with E-state index in [2.05, 4.69) is 38.7 Å². The van der Waals surface area contributed by atoms with Gasteiger partial charge in [0, 0.05) is 5.54 Å². The third kappa shape index (κ3) is 7.88. The quantitative estimate of drug-likeness (QED) is 0.462. The number of hydrazine groups is 1. The molecule has 0 aromatic heterocycles. The molecule has 0 unspecified atom stereocenters. The van der Waals surface area contributed by atoms with Gasteiger partial charge in [-0.3, -0.25) is 4.84 Å². The first-order chi connectivity index (χ1) is 4.56. The van der Waals surface area contributed by atoms with Gasteiger partial charge in [0.15, 0.2) is 0 Å². The van der Waals surface area contributed by atoms with Crippen molar-refractivity contribution in [3.05, 3.63) is 0 Å². The molecular formula is C7H18N2O. The maximum atomic E-state index is 5.00. The average molecular weight is 146 g/mol. The largest absolute Gasteiger partial charge is 0.287 e. The highest BCUT2D eigenvalue weighted by atomic mass is 16.7. The third-order valence-electron chi connectivity index (χ3n) is 0.804. The standard InChI is InChI=1S/C7H18N2O/c1-5-6-10-9-8-7(2,3)4/h8-9H,5-6H2,1-4H3. The molecule has 0 aromatic carbocycles. The summed E-state index contributed by atoms with van der Waals surface area (Å²) in [5.74, 6) is 0. The maximum absolute atomic E-state index is 5.00. The third-order valence-corrected chi connectivity index (χ3v) is 0.804. The lowest BCUT2D eigenvalue weighted by Gasteiger charge is -2.20. The lowest BCUT2D eigenvalue weighted by Crippen LogP contribution is -2.45. The van der Waals surface area contributed by atoms with Gasteiger partial charge in [-0.05, 0) is 27.2 Å². The molecule has 0 bridgehead atoms. The van der Waals surface area contributed by atoms with Crippen LogP contribution in [0.5, 0.6) is 0 Å². The summed E-state index contributed by atoms with van der Waals surface area (Å²) in [4.78, 5) is 5.00. The molecule has 0 aliphatic carbocycles. The summed E-state index contributed by atoms with van der Waals surface area (Å²) in [5.41, 5.74) is 5.72. The lowest BCUT2D eigenvalue weighted by molar-refractivity contribution is -0.00623. The normalized spacial score (nSPS) is 12.0. The summed E-state index contributed by atoms with van der Waals surface area (Å²) < 4.78 is 0. The van der Waals surface area contributed by atoms with Gasteiger partial charge in [-0.15, -0.1) is 5.59 Å². The summed E-state index contributed by atoms with van der Waals surface area (Å²) in [6, 6.07) is 0. The Hall–Kier alpha value is -0.120. The molecule has 3 nitrogen and oxygen atoms in total. The van der Waals surface area contributed by atoms with E-state index < -0.39 is 0 Å². The van der Waals surface area contributed by atoms with Crippen molar-refractivity contribution in [2.45, 2.75) is 39.7 Å². The van der Waals surface area contributed by atoms with E-state index in [0.717, 1.165) is 13.0 Å². The van der Waals surface area contributed by atoms with E-state index in [-0.39, 0.29) is 5.54 Å². The van der Waals surface area contributed by atoms with Crippen LogP contribution in [0.3, 0.4) is 0 Å². The first-order valence-electron chi connectivity index (χ1n) is 3.70. The van der Waals surface area contributed by atoms with Gasteiger partial charge in [-0.25, -0.2) is 5.43 Å². The van der Waals surface area contributed by atoms with Gasteiger partial charge in [-0.2, -0.15) is 0 Å². The van der Waals surface area contributed by atoms with Gasteiger partial charge in [0.25, 0.3) is 0 Å². The van der Waals surface area contributed by atoms with Crippen LogP contribution in [0, 0.1) is 0 Å². The van der Waals surface area contributed by atoms with Crippen molar-refractivity contribution in [1.82, 2.24) is 11.0 Å². The predicted molar refractivity (Wildman–Crippen MR) is 42.3 cm³/mol. The SMILES string of the molecule is CCCONNC(C)(C)C. The molecule has 3 heteroatoms. The van der Waals surface area contributed by atoms with Gasteiger partial charge in [0.1, 0.15) is 0 Å². The fraction of sp³-hybridized carbons (Fsp3) is 1.00. The van der Waals surface area contributed by atoms with Crippen molar-refractivity contribution >= 4 is 0 Å². The molecule has 0 atom stereocenters. The van der Waals surface area contributed by atoms with Crippen LogP contribution in [0.15, 0.2) is 0 Å². The predicted octanol–water partition coefficient (Wildman–Crippen LogP) is 1.22. The Balaban J connectivity index is 3.04. The van der Waals surface area contributed by atoms with Gasteiger partial charge in [0.2, 0.25) is 0 Å². The average Bonchev–Trinajstić information content (AvgIpc) is 1.78. The summed E-state index contributed by atoms with van der Waals surface area (Å²) >= 11 is 0. The molecule has 0 radical (unpaired) electrons. The van der Waals surface area contributed by atoms with Crippen molar-refractivity contribution in [2.24, 2.45) is 0 Å². The molecule has 0 saturated carbocycles. The van der Waals surface area contributed by atoms with Crippen molar-refractivity contribution in [3.63, 3.8) is 0 Å². The van der Waals surface area contributed by atoms with E-state index in [4.69, 9.17) is 4.84 Å². The molecule has 0 aliphatic heterocycles. The second-order valence-corrected chi connectivity index (χ2v) is 3.33. The van der Waals surface area contributed by atoms with Crippen LogP contribution in [0.4, 0.5) is 0 Å². The van der Waals surface area contributed by atoms with Crippen LogP contribution >= 0.6 is 0 Å². The Bertz CT molecular complexity index is 78.2. The van der Waals surface area contributed by atoms with Crippen LogP contribution < -0.4 is 11.0 Å².